The molecule has 170 valence electrons. The SMILES string of the molecule is Cn1c(O)c2n(c1=O)CCN(C(=O)[C@@H](Cc1c[nH]c3ccccc13)NC(=O)C(C)(C)N)C2. The molecule has 3 aromatic rings. The summed E-state index contributed by atoms with van der Waals surface area (Å²) in [5, 5.41) is 14.1. The molecule has 0 bridgehead atoms. The van der Waals surface area contributed by atoms with Crippen molar-refractivity contribution in [1.82, 2.24) is 24.3 Å². The standard InChI is InChI=1S/C22H28N6O4/c1-22(2,23)20(31)25-16(10-13-11-24-15-7-5-4-6-14(13)15)18(29)27-8-9-28-17(12-27)19(30)26(3)21(28)32/h4-7,11,16,24,30H,8-10,12,23H2,1-3H3,(H,25,31)/t16-/m1/s1. The second kappa shape index (κ2) is 7.86. The average molecular weight is 441 g/mol. The molecule has 1 aliphatic heterocycles. The predicted octanol–water partition coefficient (Wildman–Crippen LogP) is 0.181. The minimum Gasteiger partial charge on any atom is -0.493 e. The number of carbonyl (C=O) groups excluding carboxylic acids is 2. The van der Waals surface area contributed by atoms with Gasteiger partial charge in [0, 0.05) is 43.7 Å². The van der Waals surface area contributed by atoms with Crippen LogP contribution in [0, 0.1) is 0 Å². The summed E-state index contributed by atoms with van der Waals surface area (Å²) in [6.07, 6.45) is 2.11. The molecule has 0 spiro atoms. The number of aromatic hydroxyl groups is 1. The third-order valence-electron chi connectivity index (χ3n) is 5.95. The number of H-pyrrole nitrogens is 1. The molecule has 0 saturated heterocycles. The van der Waals surface area contributed by atoms with Gasteiger partial charge in [-0.15, -0.1) is 0 Å². The Morgan fingerprint density at radius 1 is 1.28 bits per heavy atom. The summed E-state index contributed by atoms with van der Waals surface area (Å²) in [6, 6.07) is 6.89. The van der Waals surface area contributed by atoms with Crippen LogP contribution in [-0.4, -0.2) is 54.1 Å². The van der Waals surface area contributed by atoms with Crippen LogP contribution in [0.5, 0.6) is 5.88 Å². The number of nitrogens with two attached hydrogens (primary N) is 1. The Labute approximate surface area is 184 Å². The van der Waals surface area contributed by atoms with E-state index >= 15 is 0 Å². The van der Waals surface area contributed by atoms with Crippen molar-refractivity contribution in [2.24, 2.45) is 12.8 Å². The van der Waals surface area contributed by atoms with Crippen molar-refractivity contribution in [3.8, 4) is 5.88 Å². The van der Waals surface area contributed by atoms with Gasteiger partial charge >= 0.3 is 5.69 Å². The highest BCUT2D eigenvalue weighted by Crippen LogP contribution is 2.23. The third-order valence-corrected chi connectivity index (χ3v) is 5.95. The van der Waals surface area contributed by atoms with Crippen LogP contribution in [0.2, 0.25) is 0 Å². The highest BCUT2D eigenvalue weighted by Gasteiger charge is 2.34. The second-order valence-electron chi connectivity index (χ2n) is 8.83. The molecule has 0 saturated carbocycles. The number of fused-ring (bicyclic) bond motifs is 2. The number of nitrogens with zero attached hydrogens (tertiary/aromatic N) is 3. The molecular weight excluding hydrogens is 412 g/mol. The van der Waals surface area contributed by atoms with E-state index in [2.05, 4.69) is 10.3 Å². The fraction of sp³-hybridized carbons (Fsp3) is 0.409. The van der Waals surface area contributed by atoms with Gasteiger partial charge in [-0.05, 0) is 25.5 Å². The maximum atomic E-state index is 13.5. The van der Waals surface area contributed by atoms with Crippen LogP contribution in [0.4, 0.5) is 0 Å². The van der Waals surface area contributed by atoms with E-state index in [0.29, 0.717) is 12.2 Å². The molecule has 0 aliphatic carbocycles. The Hall–Kier alpha value is -3.53. The zero-order valence-electron chi connectivity index (χ0n) is 18.4. The van der Waals surface area contributed by atoms with E-state index in [1.807, 2.05) is 30.5 Å². The Morgan fingerprint density at radius 3 is 2.72 bits per heavy atom. The Bertz CT molecular complexity index is 1250. The van der Waals surface area contributed by atoms with Gasteiger partial charge in [0.25, 0.3) is 0 Å². The van der Waals surface area contributed by atoms with E-state index < -0.39 is 17.5 Å². The van der Waals surface area contributed by atoms with Crippen molar-refractivity contribution >= 4 is 22.7 Å². The van der Waals surface area contributed by atoms with Gasteiger partial charge in [-0.1, -0.05) is 18.2 Å². The highest BCUT2D eigenvalue weighted by molar-refractivity contribution is 5.92. The summed E-state index contributed by atoms with van der Waals surface area (Å²) in [5.74, 6) is -0.894. The number of rotatable bonds is 5. The first-order valence-electron chi connectivity index (χ1n) is 10.5. The first kappa shape index (κ1) is 21.7. The van der Waals surface area contributed by atoms with Gasteiger partial charge in [0.05, 0.1) is 12.1 Å². The van der Waals surface area contributed by atoms with Gasteiger partial charge in [-0.3, -0.25) is 18.7 Å². The molecule has 1 atom stereocenters. The number of aromatic nitrogens is 3. The van der Waals surface area contributed by atoms with Gasteiger partial charge in [-0.2, -0.15) is 0 Å². The van der Waals surface area contributed by atoms with Crippen LogP contribution >= 0.6 is 0 Å². The fourth-order valence-corrected chi connectivity index (χ4v) is 4.04. The molecule has 3 heterocycles. The van der Waals surface area contributed by atoms with Crippen LogP contribution in [0.25, 0.3) is 10.9 Å². The lowest BCUT2D eigenvalue weighted by atomic mass is 10.0. The van der Waals surface area contributed by atoms with Crippen molar-refractivity contribution in [1.29, 1.82) is 0 Å². The van der Waals surface area contributed by atoms with E-state index in [1.165, 1.54) is 11.6 Å². The quantitative estimate of drug-likeness (QED) is 0.448. The molecule has 1 aromatic carbocycles. The molecule has 2 aromatic heterocycles. The Balaban J connectivity index is 1.63. The molecule has 10 heteroatoms. The van der Waals surface area contributed by atoms with E-state index in [-0.39, 0.29) is 37.0 Å². The molecule has 10 nitrogen and oxygen atoms in total. The topological polar surface area (TPSA) is 138 Å². The number of para-hydroxylation sites is 1. The predicted molar refractivity (Wildman–Crippen MR) is 119 cm³/mol. The van der Waals surface area contributed by atoms with Crippen molar-refractivity contribution in [3.05, 3.63) is 52.2 Å². The number of hydrogen-bond donors (Lipinski definition) is 4. The number of aromatic amines is 1. The van der Waals surface area contributed by atoms with Gasteiger partial charge in [-0.25, -0.2) is 4.79 Å². The summed E-state index contributed by atoms with van der Waals surface area (Å²) < 4.78 is 2.63. The third kappa shape index (κ3) is 3.77. The van der Waals surface area contributed by atoms with E-state index in [0.717, 1.165) is 21.0 Å². The largest absolute Gasteiger partial charge is 0.493 e. The molecule has 32 heavy (non-hydrogen) atoms. The van der Waals surface area contributed by atoms with Crippen LogP contribution in [0.15, 0.2) is 35.3 Å². The monoisotopic (exact) mass is 440 g/mol. The lowest BCUT2D eigenvalue weighted by Crippen LogP contribution is -2.57. The van der Waals surface area contributed by atoms with Gasteiger partial charge < -0.3 is 26.0 Å². The van der Waals surface area contributed by atoms with Gasteiger partial charge in [0.15, 0.2) is 0 Å². The molecular formula is C22H28N6O4. The Morgan fingerprint density at radius 2 is 2.00 bits per heavy atom. The van der Waals surface area contributed by atoms with E-state index in [9.17, 15) is 19.5 Å². The summed E-state index contributed by atoms with van der Waals surface area (Å²) in [4.78, 5) is 43.1. The molecule has 4 rings (SSSR count). The molecule has 1 aliphatic rings. The smallest absolute Gasteiger partial charge is 0.331 e. The van der Waals surface area contributed by atoms with Crippen molar-refractivity contribution < 1.29 is 14.7 Å². The number of amides is 2. The maximum Gasteiger partial charge on any atom is 0.331 e. The van der Waals surface area contributed by atoms with Crippen LogP contribution in [0.3, 0.4) is 0 Å². The lowest BCUT2D eigenvalue weighted by Gasteiger charge is -2.32. The zero-order chi connectivity index (χ0) is 23.2. The van der Waals surface area contributed by atoms with Crippen molar-refractivity contribution in [3.63, 3.8) is 0 Å². The average Bonchev–Trinajstić information content (AvgIpc) is 3.26. The van der Waals surface area contributed by atoms with Crippen molar-refractivity contribution in [2.45, 2.75) is 44.9 Å². The minimum atomic E-state index is -1.15. The van der Waals surface area contributed by atoms with Gasteiger partial charge in [0.2, 0.25) is 17.7 Å². The second-order valence-corrected chi connectivity index (χ2v) is 8.83. The Kier molecular flexibility index (Phi) is 5.33. The number of hydrogen-bond acceptors (Lipinski definition) is 5. The summed E-state index contributed by atoms with van der Waals surface area (Å²) in [6.45, 7) is 3.80. The zero-order valence-corrected chi connectivity index (χ0v) is 18.4. The van der Waals surface area contributed by atoms with Crippen molar-refractivity contribution in [2.75, 3.05) is 6.54 Å². The normalized spacial score (nSPS) is 14.9. The lowest BCUT2D eigenvalue weighted by molar-refractivity contribution is -0.138. The number of imidazole rings is 1. The maximum absolute atomic E-state index is 13.5. The van der Waals surface area contributed by atoms with Gasteiger partial charge in [0.1, 0.15) is 11.7 Å². The van der Waals surface area contributed by atoms with E-state index in [1.54, 1.807) is 18.7 Å². The van der Waals surface area contributed by atoms with Crippen LogP contribution in [-0.2, 0) is 36.1 Å². The number of nitrogens with one attached hydrogen (secondary N) is 2. The number of benzene rings is 1. The van der Waals surface area contributed by atoms with E-state index in [4.69, 9.17) is 5.73 Å². The minimum absolute atomic E-state index is 0.0764. The molecule has 2 amide bonds. The molecule has 0 unspecified atom stereocenters. The summed E-state index contributed by atoms with van der Waals surface area (Å²) in [5.41, 5.74) is 6.70. The summed E-state index contributed by atoms with van der Waals surface area (Å²) in [7, 11) is 1.48. The molecule has 0 fully saturated rings. The first-order valence-corrected chi connectivity index (χ1v) is 10.5. The number of carbonyl (C=O) groups is 2. The summed E-state index contributed by atoms with van der Waals surface area (Å²) >= 11 is 0. The van der Waals surface area contributed by atoms with Crippen LogP contribution < -0.4 is 16.7 Å². The first-order chi connectivity index (χ1) is 15.1. The fourth-order valence-electron chi connectivity index (χ4n) is 4.04. The molecule has 0 radical (unpaired) electrons. The molecule has 5 N–H and O–H groups in total. The van der Waals surface area contributed by atoms with Crippen LogP contribution in [0.1, 0.15) is 25.1 Å². The highest BCUT2D eigenvalue weighted by atomic mass is 16.3.